The molecule has 3 heterocycles. The average molecular weight is 570 g/mol. The SMILES string of the molecule is C=C(Br)C(=O)Nc1cc(C(=O)Nc2cc(C(=O)Nc3cc(C(=O)NCCC#N)n(C)c3)n(C)c2)n(C)n1. The first-order chi connectivity index (χ1) is 17.5. The molecule has 4 amide bonds. The summed E-state index contributed by atoms with van der Waals surface area (Å²) in [5.41, 5.74) is 1.52. The molecule has 0 bridgehead atoms. The number of nitrogens with one attached hydrogen (secondary N) is 4. The van der Waals surface area contributed by atoms with Gasteiger partial charge in [-0.15, -0.1) is 0 Å². The number of carbonyl (C=O) groups is 4. The van der Waals surface area contributed by atoms with E-state index in [4.69, 9.17) is 5.26 Å². The number of nitrogens with zero attached hydrogens (tertiary/aromatic N) is 5. The Kier molecular flexibility index (Phi) is 8.30. The van der Waals surface area contributed by atoms with Crippen molar-refractivity contribution in [3.05, 3.63) is 58.7 Å². The van der Waals surface area contributed by atoms with Crippen molar-refractivity contribution in [2.24, 2.45) is 21.1 Å². The van der Waals surface area contributed by atoms with Crippen LogP contribution >= 0.6 is 15.9 Å². The van der Waals surface area contributed by atoms with Gasteiger partial charge in [-0.3, -0.25) is 23.9 Å². The molecule has 0 atom stereocenters. The van der Waals surface area contributed by atoms with E-state index in [0.717, 1.165) is 0 Å². The Labute approximate surface area is 220 Å². The normalized spacial score (nSPS) is 10.4. The molecule has 0 spiro atoms. The molecule has 0 saturated carbocycles. The Bertz CT molecular complexity index is 1440. The summed E-state index contributed by atoms with van der Waals surface area (Å²) in [5, 5.41) is 23.3. The molecule has 14 heteroatoms. The van der Waals surface area contributed by atoms with Gasteiger partial charge in [-0.1, -0.05) is 6.58 Å². The van der Waals surface area contributed by atoms with Gasteiger partial charge < -0.3 is 30.4 Å². The predicted octanol–water partition coefficient (Wildman–Crippen LogP) is 2.09. The van der Waals surface area contributed by atoms with Crippen molar-refractivity contribution >= 4 is 56.8 Å². The molecule has 3 aromatic heterocycles. The van der Waals surface area contributed by atoms with E-state index < -0.39 is 17.7 Å². The highest BCUT2D eigenvalue weighted by Crippen LogP contribution is 2.19. The van der Waals surface area contributed by atoms with Crippen molar-refractivity contribution in [2.45, 2.75) is 6.42 Å². The predicted molar refractivity (Wildman–Crippen MR) is 139 cm³/mol. The number of nitriles is 1. The van der Waals surface area contributed by atoms with Crippen molar-refractivity contribution < 1.29 is 19.2 Å². The zero-order valence-electron chi connectivity index (χ0n) is 20.3. The minimum atomic E-state index is -0.499. The highest BCUT2D eigenvalue weighted by atomic mass is 79.9. The summed E-state index contributed by atoms with van der Waals surface area (Å²) in [4.78, 5) is 49.7. The second kappa shape index (κ2) is 11.4. The Balaban J connectivity index is 1.68. The smallest absolute Gasteiger partial charge is 0.274 e. The van der Waals surface area contributed by atoms with E-state index in [1.54, 1.807) is 42.7 Å². The van der Waals surface area contributed by atoms with E-state index in [0.29, 0.717) is 17.1 Å². The Morgan fingerprint density at radius 1 is 0.919 bits per heavy atom. The lowest BCUT2D eigenvalue weighted by atomic mass is 10.3. The van der Waals surface area contributed by atoms with Crippen LogP contribution in [0.25, 0.3) is 0 Å². The summed E-state index contributed by atoms with van der Waals surface area (Å²) in [5.74, 6) is -1.63. The van der Waals surface area contributed by atoms with Crippen LogP contribution in [0.5, 0.6) is 0 Å². The lowest BCUT2D eigenvalue weighted by Crippen LogP contribution is -2.25. The maximum Gasteiger partial charge on any atom is 0.274 e. The lowest BCUT2D eigenvalue weighted by Gasteiger charge is -2.03. The molecule has 37 heavy (non-hydrogen) atoms. The highest BCUT2D eigenvalue weighted by Gasteiger charge is 2.19. The molecule has 0 aliphatic carbocycles. The van der Waals surface area contributed by atoms with Gasteiger partial charge in [0.25, 0.3) is 23.6 Å². The van der Waals surface area contributed by atoms with Crippen LogP contribution in [0.2, 0.25) is 0 Å². The summed E-state index contributed by atoms with van der Waals surface area (Å²) in [6, 6.07) is 6.38. The van der Waals surface area contributed by atoms with Crippen LogP contribution in [-0.2, 0) is 25.9 Å². The maximum absolute atomic E-state index is 12.9. The van der Waals surface area contributed by atoms with Crippen LogP contribution in [0.15, 0.2) is 41.7 Å². The molecule has 0 unspecified atom stereocenters. The first kappa shape index (κ1) is 27.0. The van der Waals surface area contributed by atoms with Gasteiger partial charge in [-0.25, -0.2) is 0 Å². The van der Waals surface area contributed by atoms with E-state index in [1.165, 1.54) is 22.9 Å². The number of halogens is 1. The van der Waals surface area contributed by atoms with Crippen LogP contribution in [0, 0.1) is 11.3 Å². The van der Waals surface area contributed by atoms with Gasteiger partial charge in [0.15, 0.2) is 5.82 Å². The third kappa shape index (κ3) is 6.53. The van der Waals surface area contributed by atoms with E-state index in [-0.39, 0.29) is 40.6 Å². The van der Waals surface area contributed by atoms with Gasteiger partial charge in [-0.05, 0) is 28.1 Å². The molecule has 4 N–H and O–H groups in total. The Hall–Kier alpha value is -4.64. The van der Waals surface area contributed by atoms with Gasteiger partial charge in [0.1, 0.15) is 17.1 Å². The molecule has 0 aliphatic rings. The summed E-state index contributed by atoms with van der Waals surface area (Å²) in [6.07, 6.45) is 3.35. The molecular formula is C23H24BrN9O4. The van der Waals surface area contributed by atoms with Gasteiger partial charge in [0.2, 0.25) is 0 Å². The molecule has 13 nitrogen and oxygen atoms in total. The molecule has 0 saturated heterocycles. The van der Waals surface area contributed by atoms with Crippen molar-refractivity contribution in [1.82, 2.24) is 24.2 Å². The van der Waals surface area contributed by atoms with Crippen molar-refractivity contribution in [3.8, 4) is 6.07 Å². The summed E-state index contributed by atoms with van der Waals surface area (Å²) in [7, 11) is 4.86. The second-order valence-corrected chi connectivity index (χ2v) is 8.88. The zero-order chi connectivity index (χ0) is 27.3. The minimum Gasteiger partial charge on any atom is -0.350 e. The van der Waals surface area contributed by atoms with Crippen LogP contribution in [0.4, 0.5) is 17.2 Å². The summed E-state index contributed by atoms with van der Waals surface area (Å²) < 4.78 is 4.53. The lowest BCUT2D eigenvalue weighted by molar-refractivity contribution is -0.112. The largest absolute Gasteiger partial charge is 0.350 e. The van der Waals surface area contributed by atoms with Crippen LogP contribution in [0.3, 0.4) is 0 Å². The maximum atomic E-state index is 12.9. The molecule has 3 aromatic rings. The fourth-order valence-corrected chi connectivity index (χ4v) is 3.45. The van der Waals surface area contributed by atoms with Gasteiger partial charge in [-0.2, -0.15) is 10.4 Å². The molecule has 0 radical (unpaired) electrons. The fourth-order valence-electron chi connectivity index (χ4n) is 3.35. The van der Waals surface area contributed by atoms with Crippen LogP contribution in [0.1, 0.15) is 37.9 Å². The third-order valence-electron chi connectivity index (χ3n) is 5.11. The quantitative estimate of drug-likeness (QED) is 0.227. The highest BCUT2D eigenvalue weighted by molar-refractivity contribution is 9.12. The van der Waals surface area contributed by atoms with Crippen LogP contribution < -0.4 is 21.3 Å². The van der Waals surface area contributed by atoms with E-state index in [9.17, 15) is 19.2 Å². The Morgan fingerprint density at radius 2 is 1.46 bits per heavy atom. The molecule has 3 rings (SSSR count). The van der Waals surface area contributed by atoms with Crippen molar-refractivity contribution in [2.75, 3.05) is 22.5 Å². The topological polar surface area (TPSA) is 168 Å². The number of anilines is 3. The average Bonchev–Trinajstić information content (AvgIpc) is 3.49. The molecule has 0 aromatic carbocycles. The van der Waals surface area contributed by atoms with E-state index >= 15 is 0 Å². The number of rotatable bonds is 9. The third-order valence-corrected chi connectivity index (χ3v) is 5.47. The second-order valence-electron chi connectivity index (χ2n) is 7.92. The standard InChI is InChI=1S/C23H24BrN9O4/c1-13(24)20(34)29-19-10-18(33(4)30-19)23(37)28-15-9-17(32(3)12-15)22(36)27-14-8-16(31(2)11-14)21(35)26-7-5-6-25/h8-12H,1,5,7H2,2-4H3,(H,26,35)(H,27,36)(H,28,37)(H,29,30,34). The van der Waals surface area contributed by atoms with Gasteiger partial charge in [0, 0.05) is 46.1 Å². The number of aryl methyl sites for hydroxylation is 3. The Morgan fingerprint density at radius 3 is 2.00 bits per heavy atom. The minimum absolute atomic E-state index is 0.116. The first-order valence-corrected chi connectivity index (χ1v) is 11.6. The molecule has 192 valence electrons. The van der Waals surface area contributed by atoms with Gasteiger partial charge >= 0.3 is 0 Å². The number of carbonyl (C=O) groups excluding carboxylic acids is 4. The van der Waals surface area contributed by atoms with E-state index in [1.807, 2.05) is 6.07 Å². The molecule has 0 aliphatic heterocycles. The van der Waals surface area contributed by atoms with Gasteiger partial charge in [0.05, 0.1) is 28.3 Å². The molecule has 0 fully saturated rings. The number of aromatic nitrogens is 4. The first-order valence-electron chi connectivity index (χ1n) is 10.8. The fraction of sp³-hybridized carbons (Fsp3) is 0.217. The summed E-state index contributed by atoms with van der Waals surface area (Å²) >= 11 is 2.98. The summed E-state index contributed by atoms with van der Waals surface area (Å²) in [6.45, 7) is 3.70. The number of hydrogen-bond donors (Lipinski definition) is 4. The number of amides is 4. The number of hydrogen-bond acceptors (Lipinski definition) is 6. The van der Waals surface area contributed by atoms with E-state index in [2.05, 4.69) is 48.9 Å². The zero-order valence-corrected chi connectivity index (χ0v) is 21.8. The van der Waals surface area contributed by atoms with Crippen LogP contribution in [-0.4, -0.2) is 49.1 Å². The monoisotopic (exact) mass is 569 g/mol. The molecular weight excluding hydrogens is 546 g/mol. The van der Waals surface area contributed by atoms with Crippen molar-refractivity contribution in [3.63, 3.8) is 0 Å². The van der Waals surface area contributed by atoms with Crippen molar-refractivity contribution in [1.29, 1.82) is 5.26 Å².